The lowest BCUT2D eigenvalue weighted by Gasteiger charge is -2.50. The van der Waals surface area contributed by atoms with Crippen molar-refractivity contribution in [3.63, 3.8) is 0 Å². The van der Waals surface area contributed by atoms with Gasteiger partial charge in [-0.1, -0.05) is 5.16 Å². The largest absolute Gasteiger partial charge is 0.543 e. The first-order valence-electron chi connectivity index (χ1n) is 13.2. The molecule has 0 saturated carbocycles. The number of carboxylic acid groups (broad SMARTS) is 1. The molecular formula is C27H24N10O6S2. The van der Waals surface area contributed by atoms with Crippen LogP contribution in [-0.4, -0.2) is 72.4 Å². The van der Waals surface area contributed by atoms with Crippen molar-refractivity contribution in [1.29, 1.82) is 5.26 Å². The number of carbonyl (C=O) groups excluding carboxylic acids is 4. The van der Waals surface area contributed by atoms with Gasteiger partial charge in [-0.25, -0.2) is 4.57 Å². The predicted octanol–water partition coefficient (Wildman–Crippen LogP) is -1.14. The monoisotopic (exact) mass is 648 g/mol. The number of pyridine rings is 1. The number of aromatic amines is 1. The number of fused-ring (bicyclic) bond motifs is 1. The van der Waals surface area contributed by atoms with Crippen LogP contribution in [-0.2, 0) is 30.6 Å². The van der Waals surface area contributed by atoms with E-state index in [0.717, 1.165) is 27.6 Å². The molecule has 16 nitrogen and oxygen atoms in total. The van der Waals surface area contributed by atoms with Gasteiger partial charge in [-0.15, -0.1) is 11.8 Å². The molecule has 0 radical (unpaired) electrons. The van der Waals surface area contributed by atoms with Gasteiger partial charge in [-0.05, 0) is 24.6 Å². The second-order valence-electron chi connectivity index (χ2n) is 9.45. The molecule has 2 unspecified atom stereocenters. The first-order valence-corrected chi connectivity index (χ1v) is 15.1. The third-order valence-corrected chi connectivity index (χ3v) is 8.46. The Morgan fingerprint density at radius 1 is 1.36 bits per heavy atom. The van der Waals surface area contributed by atoms with E-state index in [-0.39, 0.29) is 41.3 Å². The molecular weight excluding hydrogens is 624 g/mol. The molecule has 5 heterocycles. The van der Waals surface area contributed by atoms with Crippen molar-refractivity contribution in [1.82, 2.24) is 29.9 Å². The number of nitrogens with zero attached hydrogens (tertiary/aromatic N) is 6. The number of nitrogens with two attached hydrogens (primary N) is 1. The Hall–Kier alpha value is -5.54. The van der Waals surface area contributed by atoms with Crippen LogP contribution in [0.1, 0.15) is 18.4 Å². The fraction of sp³-hybridized carbons (Fsp3) is 0.222. The summed E-state index contributed by atoms with van der Waals surface area (Å²) in [6.07, 6.45) is 9.63. The van der Waals surface area contributed by atoms with Gasteiger partial charge < -0.3 is 30.8 Å². The third kappa shape index (κ3) is 6.68. The lowest BCUT2D eigenvalue weighted by molar-refractivity contribution is -0.689. The van der Waals surface area contributed by atoms with Gasteiger partial charge in [0.2, 0.25) is 11.5 Å². The summed E-state index contributed by atoms with van der Waals surface area (Å²) in [6, 6.07) is 4.48. The highest BCUT2D eigenvalue weighted by atomic mass is 32.2. The summed E-state index contributed by atoms with van der Waals surface area (Å²) in [5.74, 6) is -3.20. The Balaban J connectivity index is 1.27. The first kappa shape index (κ1) is 30.9. The number of hydrogen-bond acceptors (Lipinski definition) is 13. The molecule has 45 heavy (non-hydrogen) atoms. The number of β-lactam (4-membered cyclic amide) rings is 1. The van der Waals surface area contributed by atoms with Gasteiger partial charge in [0, 0.05) is 58.5 Å². The summed E-state index contributed by atoms with van der Waals surface area (Å²) in [5, 5.41) is 28.5. The zero-order chi connectivity index (χ0) is 32.1. The summed E-state index contributed by atoms with van der Waals surface area (Å²) in [6.45, 7) is 2.03. The highest BCUT2D eigenvalue weighted by molar-refractivity contribution is 8.00. The summed E-state index contributed by atoms with van der Waals surface area (Å²) in [7, 11) is 0. The fourth-order valence-corrected chi connectivity index (χ4v) is 6.33. The number of nitriles is 1. The van der Waals surface area contributed by atoms with Crippen LogP contribution < -0.4 is 26.0 Å². The molecule has 0 spiro atoms. The van der Waals surface area contributed by atoms with Crippen molar-refractivity contribution >= 4 is 63.9 Å². The molecule has 5 N–H and O–H groups in total. The molecule has 230 valence electrons. The van der Waals surface area contributed by atoms with Crippen LogP contribution in [0.25, 0.3) is 17.2 Å². The number of aromatic nitrogens is 4. The Labute approximate surface area is 263 Å². The van der Waals surface area contributed by atoms with Gasteiger partial charge in [-0.2, -0.15) is 14.6 Å². The Kier molecular flexibility index (Phi) is 9.20. The number of rotatable bonds is 11. The first-order chi connectivity index (χ1) is 21.7. The summed E-state index contributed by atoms with van der Waals surface area (Å²) < 4.78 is 5.75. The topological polar surface area (TPSA) is 235 Å². The molecule has 2 atom stereocenters. The van der Waals surface area contributed by atoms with Crippen LogP contribution in [0.3, 0.4) is 0 Å². The molecule has 2 aliphatic rings. The third-order valence-electron chi connectivity index (χ3n) is 6.58. The average Bonchev–Trinajstić information content (AvgIpc) is 3.68. The Bertz CT molecular complexity index is 1790. The predicted molar refractivity (Wildman–Crippen MR) is 159 cm³/mol. The minimum atomic E-state index is -1.50. The van der Waals surface area contributed by atoms with E-state index in [0.29, 0.717) is 11.3 Å². The standard InChI is InChI=1S/C27H24N10O6S2/c1-2-43-34-19(22-33-27(29)45-35-22)23(39)32-20-24(40)37-21(26(41)42)16(12-44-25(20)37)11-36-7-5-14(6-8-36)15-9-17(30-10-15)3-4-18(38)31-13-28/h3-10,20,25H,2,11-12H2,1H3,(H5,29,31,32,33,35,38,39,41,42)/b4-3+,34-19+. The minimum Gasteiger partial charge on any atom is -0.543 e. The van der Waals surface area contributed by atoms with Crippen molar-refractivity contribution < 1.29 is 33.7 Å². The molecule has 0 aliphatic carbocycles. The normalized spacial score (nSPS) is 17.8. The second-order valence-corrected chi connectivity index (χ2v) is 11.3. The molecule has 3 aromatic heterocycles. The highest BCUT2D eigenvalue weighted by Gasteiger charge is 2.53. The van der Waals surface area contributed by atoms with Crippen LogP contribution in [0.5, 0.6) is 0 Å². The van der Waals surface area contributed by atoms with Gasteiger partial charge in [-0.3, -0.25) is 24.6 Å². The summed E-state index contributed by atoms with van der Waals surface area (Å²) >= 11 is 2.17. The lowest BCUT2D eigenvalue weighted by atomic mass is 10.0. The molecule has 1 saturated heterocycles. The number of H-pyrrole nitrogens is 1. The summed E-state index contributed by atoms with van der Waals surface area (Å²) in [4.78, 5) is 63.0. The molecule has 0 bridgehead atoms. The SMILES string of the molecule is CCO/N=C(/C(=O)NC1C(=O)N2C(C(=O)[O-])=C(C[n+]3ccc(-c4c[nH]c(/C=C/C(=O)NC#N)c4)cc3)CSC12)c1nsc(N)n1. The van der Waals surface area contributed by atoms with E-state index in [2.05, 4.69) is 24.8 Å². The van der Waals surface area contributed by atoms with Crippen molar-refractivity contribution in [3.05, 3.63) is 65.7 Å². The van der Waals surface area contributed by atoms with Gasteiger partial charge in [0.25, 0.3) is 17.7 Å². The van der Waals surface area contributed by atoms with E-state index in [4.69, 9.17) is 15.8 Å². The van der Waals surface area contributed by atoms with Gasteiger partial charge in [0.1, 0.15) is 18.0 Å². The van der Waals surface area contributed by atoms with Crippen LogP contribution in [0.4, 0.5) is 5.13 Å². The van der Waals surface area contributed by atoms with E-state index in [1.807, 2.05) is 23.5 Å². The van der Waals surface area contributed by atoms with Crippen molar-refractivity contribution in [2.75, 3.05) is 18.1 Å². The molecule has 3 amide bonds. The van der Waals surface area contributed by atoms with Crippen LogP contribution in [0, 0.1) is 11.5 Å². The Morgan fingerprint density at radius 3 is 2.80 bits per heavy atom. The maximum Gasteiger partial charge on any atom is 0.278 e. The zero-order valence-corrected chi connectivity index (χ0v) is 25.1. The number of anilines is 1. The van der Waals surface area contributed by atoms with E-state index in [9.17, 15) is 24.3 Å². The maximum absolute atomic E-state index is 13.1. The lowest BCUT2D eigenvalue weighted by Crippen LogP contribution is -2.71. The van der Waals surface area contributed by atoms with Gasteiger partial charge in [0.15, 0.2) is 30.3 Å². The second kappa shape index (κ2) is 13.4. The number of carbonyl (C=O) groups is 4. The van der Waals surface area contributed by atoms with E-state index in [1.165, 1.54) is 23.9 Å². The van der Waals surface area contributed by atoms with Crippen molar-refractivity contribution in [2.45, 2.75) is 24.9 Å². The number of thioether (sulfide) groups is 1. The smallest absolute Gasteiger partial charge is 0.278 e. The molecule has 2 aliphatic heterocycles. The number of amides is 3. The number of nitrogens with one attached hydrogen (secondary N) is 3. The average molecular weight is 649 g/mol. The molecule has 1 fully saturated rings. The molecule has 18 heteroatoms. The molecule has 5 rings (SSSR count). The molecule has 0 aromatic carbocycles. The Morgan fingerprint density at radius 2 is 2.13 bits per heavy atom. The van der Waals surface area contributed by atoms with E-state index < -0.39 is 35.1 Å². The van der Waals surface area contributed by atoms with Gasteiger partial charge in [0.05, 0.1) is 11.7 Å². The van der Waals surface area contributed by atoms with Crippen molar-refractivity contribution in [3.8, 4) is 17.3 Å². The molecule has 3 aromatic rings. The van der Waals surface area contributed by atoms with Crippen LogP contribution >= 0.6 is 23.3 Å². The number of hydrogen-bond donors (Lipinski definition) is 4. The quantitative estimate of drug-likeness (QED) is 0.0369. The van der Waals surface area contributed by atoms with Crippen LogP contribution in [0.2, 0.25) is 0 Å². The fourth-order valence-electron chi connectivity index (χ4n) is 4.56. The van der Waals surface area contributed by atoms with Crippen molar-refractivity contribution in [2.24, 2.45) is 5.16 Å². The number of oxime groups is 1. The van der Waals surface area contributed by atoms with Crippen LogP contribution in [0.15, 0.2) is 59.3 Å². The number of nitrogen functional groups attached to an aromatic ring is 1. The van der Waals surface area contributed by atoms with E-state index >= 15 is 0 Å². The number of aliphatic carboxylic acids is 1. The zero-order valence-electron chi connectivity index (χ0n) is 23.4. The van der Waals surface area contributed by atoms with Gasteiger partial charge >= 0.3 is 0 Å². The highest BCUT2D eigenvalue weighted by Crippen LogP contribution is 2.40. The number of carboxylic acids is 1. The summed E-state index contributed by atoms with van der Waals surface area (Å²) in [5.41, 5.74) is 7.96. The van der Waals surface area contributed by atoms with E-state index in [1.54, 1.807) is 36.3 Å². The maximum atomic E-state index is 13.1. The minimum absolute atomic E-state index is 0.0566.